The van der Waals surface area contributed by atoms with Gasteiger partial charge in [0.1, 0.15) is 5.82 Å². The molecule has 0 amide bonds. The van der Waals surface area contributed by atoms with Crippen molar-refractivity contribution in [3.8, 4) is 0 Å². The Morgan fingerprint density at radius 3 is 2.85 bits per heavy atom. The average Bonchev–Trinajstić information content (AvgIpc) is 2.36. The lowest BCUT2D eigenvalue weighted by molar-refractivity contribution is 0.268. The summed E-state index contributed by atoms with van der Waals surface area (Å²) in [5.41, 5.74) is 1.02. The van der Waals surface area contributed by atoms with Gasteiger partial charge in [0.15, 0.2) is 0 Å². The van der Waals surface area contributed by atoms with Crippen LogP contribution in [0.5, 0.6) is 0 Å². The van der Waals surface area contributed by atoms with Crippen molar-refractivity contribution in [1.82, 2.24) is 5.32 Å². The number of halogens is 1. The Bertz CT molecular complexity index is 444. The molecule has 1 aromatic rings. The van der Waals surface area contributed by atoms with Crippen molar-refractivity contribution in [3.63, 3.8) is 0 Å². The molecule has 3 heteroatoms. The van der Waals surface area contributed by atoms with Crippen molar-refractivity contribution >= 4 is 5.69 Å². The monoisotopic (exact) mass is 276 g/mol. The lowest BCUT2D eigenvalue weighted by atomic mass is 9.85. The fraction of sp³-hybridized carbons (Fsp3) is 0.647. The molecule has 1 saturated heterocycles. The molecule has 1 aliphatic carbocycles. The molecule has 1 saturated carbocycles. The third kappa shape index (κ3) is 3.32. The number of anilines is 1. The van der Waals surface area contributed by atoms with Crippen LogP contribution in [0.1, 0.15) is 32.6 Å². The van der Waals surface area contributed by atoms with E-state index in [1.165, 1.54) is 31.7 Å². The molecular weight excluding hydrogens is 251 g/mol. The molecule has 2 atom stereocenters. The number of piperidine rings is 1. The molecule has 1 aliphatic heterocycles. The maximum absolute atomic E-state index is 13.4. The van der Waals surface area contributed by atoms with Crippen LogP contribution in [0.15, 0.2) is 24.3 Å². The Balaban J connectivity index is 1.60. The predicted molar refractivity (Wildman–Crippen MR) is 81.5 cm³/mol. The van der Waals surface area contributed by atoms with E-state index in [2.05, 4.69) is 17.1 Å². The second kappa shape index (κ2) is 6.13. The minimum Gasteiger partial charge on any atom is -0.370 e. The number of hydrogen-bond acceptors (Lipinski definition) is 2. The van der Waals surface area contributed by atoms with E-state index < -0.39 is 0 Å². The molecule has 20 heavy (non-hydrogen) atoms. The summed E-state index contributed by atoms with van der Waals surface area (Å²) < 4.78 is 13.4. The minimum absolute atomic E-state index is 0.139. The second-order valence-electron chi connectivity index (χ2n) is 6.63. The van der Waals surface area contributed by atoms with E-state index in [4.69, 9.17) is 0 Å². The SMILES string of the molecule is CC1CC(NCC2CCC2)CN(c2cccc(F)c2)C1. The summed E-state index contributed by atoms with van der Waals surface area (Å²) in [7, 11) is 0. The van der Waals surface area contributed by atoms with E-state index in [0.29, 0.717) is 12.0 Å². The van der Waals surface area contributed by atoms with Crippen molar-refractivity contribution in [1.29, 1.82) is 0 Å². The van der Waals surface area contributed by atoms with Gasteiger partial charge in [0.2, 0.25) is 0 Å². The van der Waals surface area contributed by atoms with Crippen molar-refractivity contribution < 1.29 is 4.39 Å². The first-order chi connectivity index (χ1) is 9.70. The van der Waals surface area contributed by atoms with Gasteiger partial charge in [0.05, 0.1) is 0 Å². The predicted octanol–water partition coefficient (Wildman–Crippen LogP) is 3.43. The third-order valence-electron chi connectivity index (χ3n) is 4.75. The van der Waals surface area contributed by atoms with Gasteiger partial charge in [-0.1, -0.05) is 19.4 Å². The summed E-state index contributed by atoms with van der Waals surface area (Å²) in [6.07, 6.45) is 5.42. The summed E-state index contributed by atoms with van der Waals surface area (Å²) >= 11 is 0. The summed E-state index contributed by atoms with van der Waals surface area (Å²) in [6, 6.07) is 7.54. The molecule has 2 fully saturated rings. The maximum Gasteiger partial charge on any atom is 0.125 e. The van der Waals surface area contributed by atoms with E-state index in [1.807, 2.05) is 6.07 Å². The highest BCUT2D eigenvalue weighted by Gasteiger charge is 2.26. The minimum atomic E-state index is -0.139. The van der Waals surface area contributed by atoms with Gasteiger partial charge in [-0.05, 0) is 55.8 Å². The highest BCUT2D eigenvalue weighted by molar-refractivity contribution is 5.47. The van der Waals surface area contributed by atoms with Gasteiger partial charge in [0.25, 0.3) is 0 Å². The summed E-state index contributed by atoms with van der Waals surface area (Å²) in [5.74, 6) is 1.42. The molecule has 1 N–H and O–H groups in total. The van der Waals surface area contributed by atoms with Gasteiger partial charge in [-0.25, -0.2) is 4.39 Å². The van der Waals surface area contributed by atoms with E-state index in [-0.39, 0.29) is 5.82 Å². The Kier molecular flexibility index (Phi) is 4.25. The van der Waals surface area contributed by atoms with Crippen LogP contribution in [0.25, 0.3) is 0 Å². The molecule has 1 aromatic carbocycles. The molecule has 1 heterocycles. The molecule has 0 aromatic heterocycles. The third-order valence-corrected chi connectivity index (χ3v) is 4.75. The Labute approximate surface area is 121 Å². The zero-order chi connectivity index (χ0) is 13.9. The fourth-order valence-electron chi connectivity index (χ4n) is 3.41. The lowest BCUT2D eigenvalue weighted by Gasteiger charge is -2.39. The molecular formula is C17H25FN2. The van der Waals surface area contributed by atoms with E-state index in [0.717, 1.165) is 31.2 Å². The second-order valence-corrected chi connectivity index (χ2v) is 6.63. The smallest absolute Gasteiger partial charge is 0.125 e. The molecule has 110 valence electrons. The first kappa shape index (κ1) is 13.9. The van der Waals surface area contributed by atoms with Gasteiger partial charge in [0, 0.05) is 24.8 Å². The van der Waals surface area contributed by atoms with Gasteiger partial charge in [-0.3, -0.25) is 0 Å². The zero-order valence-electron chi connectivity index (χ0n) is 12.3. The number of hydrogen-bond donors (Lipinski definition) is 1. The average molecular weight is 276 g/mol. The standard InChI is InChI=1S/C17H25FN2/c1-13-8-16(19-10-14-4-2-5-14)12-20(11-13)17-7-3-6-15(18)9-17/h3,6-7,9,13-14,16,19H,2,4-5,8,10-12H2,1H3. The molecule has 2 aliphatic rings. The topological polar surface area (TPSA) is 15.3 Å². The zero-order valence-corrected chi connectivity index (χ0v) is 12.3. The number of nitrogens with zero attached hydrogens (tertiary/aromatic N) is 1. The van der Waals surface area contributed by atoms with Crippen LogP contribution in [-0.4, -0.2) is 25.7 Å². The van der Waals surface area contributed by atoms with Crippen molar-refractivity contribution in [2.75, 3.05) is 24.5 Å². The van der Waals surface area contributed by atoms with E-state index in [9.17, 15) is 4.39 Å². The van der Waals surface area contributed by atoms with Crippen molar-refractivity contribution in [2.24, 2.45) is 11.8 Å². The van der Waals surface area contributed by atoms with Crippen LogP contribution >= 0.6 is 0 Å². The molecule has 2 unspecified atom stereocenters. The van der Waals surface area contributed by atoms with E-state index >= 15 is 0 Å². The van der Waals surface area contributed by atoms with Crippen LogP contribution in [-0.2, 0) is 0 Å². The Morgan fingerprint density at radius 1 is 1.30 bits per heavy atom. The number of benzene rings is 1. The fourth-order valence-corrected chi connectivity index (χ4v) is 3.41. The molecule has 2 nitrogen and oxygen atoms in total. The van der Waals surface area contributed by atoms with Crippen LogP contribution in [0.2, 0.25) is 0 Å². The van der Waals surface area contributed by atoms with Crippen LogP contribution in [0.4, 0.5) is 10.1 Å². The first-order valence-corrected chi connectivity index (χ1v) is 7.94. The van der Waals surface area contributed by atoms with Crippen LogP contribution in [0, 0.1) is 17.7 Å². The van der Waals surface area contributed by atoms with Crippen LogP contribution < -0.4 is 10.2 Å². The highest BCUT2D eigenvalue weighted by atomic mass is 19.1. The Hall–Kier alpha value is -1.09. The van der Waals surface area contributed by atoms with Gasteiger partial charge in [-0.15, -0.1) is 0 Å². The van der Waals surface area contributed by atoms with Crippen molar-refractivity contribution in [2.45, 2.75) is 38.6 Å². The maximum atomic E-state index is 13.4. The van der Waals surface area contributed by atoms with Gasteiger partial charge in [-0.2, -0.15) is 0 Å². The number of nitrogens with one attached hydrogen (secondary N) is 1. The lowest BCUT2D eigenvalue weighted by Crippen LogP contribution is -2.50. The molecule has 0 bridgehead atoms. The molecule has 0 radical (unpaired) electrons. The number of rotatable bonds is 4. The molecule has 0 spiro atoms. The van der Waals surface area contributed by atoms with E-state index in [1.54, 1.807) is 12.1 Å². The normalized spacial score (nSPS) is 27.4. The van der Waals surface area contributed by atoms with Gasteiger partial charge >= 0.3 is 0 Å². The van der Waals surface area contributed by atoms with Crippen molar-refractivity contribution in [3.05, 3.63) is 30.1 Å². The largest absolute Gasteiger partial charge is 0.370 e. The highest BCUT2D eigenvalue weighted by Crippen LogP contribution is 2.27. The quantitative estimate of drug-likeness (QED) is 0.906. The molecule has 3 rings (SSSR count). The Morgan fingerprint density at radius 2 is 2.15 bits per heavy atom. The summed E-state index contributed by atoms with van der Waals surface area (Å²) in [5, 5.41) is 3.73. The summed E-state index contributed by atoms with van der Waals surface area (Å²) in [6.45, 7) is 5.49. The van der Waals surface area contributed by atoms with Gasteiger partial charge < -0.3 is 10.2 Å². The first-order valence-electron chi connectivity index (χ1n) is 7.94. The van der Waals surface area contributed by atoms with Crippen LogP contribution in [0.3, 0.4) is 0 Å². The summed E-state index contributed by atoms with van der Waals surface area (Å²) in [4.78, 5) is 2.33.